The van der Waals surface area contributed by atoms with Crippen molar-refractivity contribution in [1.29, 1.82) is 0 Å². The Hall–Kier alpha value is -2.94. The van der Waals surface area contributed by atoms with Crippen LogP contribution in [-0.2, 0) is 33.4 Å². The number of aliphatic hydroxyl groups is 1. The van der Waals surface area contributed by atoms with Gasteiger partial charge in [0.25, 0.3) is 0 Å². The molecular weight excluding hydrogens is 466 g/mol. The van der Waals surface area contributed by atoms with E-state index >= 15 is 0 Å². The Kier molecular flexibility index (Phi) is 5.89. The summed E-state index contributed by atoms with van der Waals surface area (Å²) < 4.78 is 17.1. The highest BCUT2D eigenvalue weighted by Crippen LogP contribution is 2.62. The summed E-state index contributed by atoms with van der Waals surface area (Å²) in [4.78, 5) is 54.3. The van der Waals surface area contributed by atoms with Crippen molar-refractivity contribution in [2.24, 2.45) is 16.7 Å². The van der Waals surface area contributed by atoms with Crippen molar-refractivity contribution in [1.82, 2.24) is 4.90 Å². The van der Waals surface area contributed by atoms with E-state index in [4.69, 9.17) is 14.2 Å². The number of hydrogen-bond acceptors (Lipinski definition) is 9. The van der Waals surface area contributed by atoms with Crippen LogP contribution in [0.1, 0.15) is 52.9 Å². The minimum Gasteiger partial charge on any atom is -0.504 e. The lowest BCUT2D eigenvalue weighted by atomic mass is 9.53. The number of Topliss-reactive ketones (excluding diaryl/α,β-unsaturated/α-hetero) is 2. The first-order chi connectivity index (χ1) is 17.0. The highest BCUT2D eigenvalue weighted by molar-refractivity contribution is 6.14. The van der Waals surface area contributed by atoms with Crippen LogP contribution < -0.4 is 0 Å². The van der Waals surface area contributed by atoms with Crippen LogP contribution in [0.4, 0.5) is 0 Å². The molecule has 5 rings (SSSR count). The molecule has 1 N–H and O–H groups in total. The van der Waals surface area contributed by atoms with Crippen LogP contribution in [0.25, 0.3) is 0 Å². The number of carbonyl (C=O) groups excluding carboxylic acids is 4. The van der Waals surface area contributed by atoms with Crippen molar-refractivity contribution in [3.8, 4) is 0 Å². The fourth-order valence-corrected chi connectivity index (χ4v) is 7.14. The zero-order chi connectivity index (χ0) is 26.0. The van der Waals surface area contributed by atoms with Gasteiger partial charge in [-0.05, 0) is 31.8 Å². The Balaban J connectivity index is 1.77. The van der Waals surface area contributed by atoms with E-state index < -0.39 is 52.4 Å². The molecule has 0 radical (unpaired) electrons. The predicted octanol–water partition coefficient (Wildman–Crippen LogP) is 2.56. The van der Waals surface area contributed by atoms with Gasteiger partial charge >= 0.3 is 11.9 Å². The van der Waals surface area contributed by atoms with Crippen molar-refractivity contribution in [2.75, 3.05) is 26.8 Å². The molecular formula is C27H33NO8. The maximum absolute atomic E-state index is 13.9. The Bertz CT molecular complexity index is 1140. The lowest BCUT2D eigenvalue weighted by molar-refractivity contribution is -0.160. The summed E-state index contributed by atoms with van der Waals surface area (Å²) >= 11 is 0. The van der Waals surface area contributed by atoms with Gasteiger partial charge in [-0.25, -0.2) is 4.79 Å². The molecule has 5 atom stereocenters. The van der Waals surface area contributed by atoms with E-state index in [0.717, 1.165) is 25.9 Å². The first-order valence-corrected chi connectivity index (χ1v) is 12.6. The molecule has 0 amide bonds. The fourth-order valence-electron chi connectivity index (χ4n) is 7.14. The molecule has 0 unspecified atom stereocenters. The van der Waals surface area contributed by atoms with E-state index in [2.05, 4.69) is 0 Å². The minimum atomic E-state index is -1.20. The Morgan fingerprint density at radius 1 is 1.22 bits per heavy atom. The van der Waals surface area contributed by atoms with Gasteiger partial charge in [-0.1, -0.05) is 6.92 Å². The van der Waals surface area contributed by atoms with Crippen LogP contribution >= 0.6 is 0 Å². The molecule has 3 aliphatic carbocycles. The number of ketones is 2. The number of methoxy groups -OCH3 is 1. The highest BCUT2D eigenvalue weighted by atomic mass is 16.6. The molecule has 0 spiro atoms. The molecule has 0 bridgehead atoms. The third kappa shape index (κ3) is 3.38. The van der Waals surface area contributed by atoms with Gasteiger partial charge in [0.1, 0.15) is 18.0 Å². The Morgan fingerprint density at radius 2 is 1.92 bits per heavy atom. The summed E-state index contributed by atoms with van der Waals surface area (Å²) in [5.74, 6) is -2.71. The maximum Gasteiger partial charge on any atom is 0.340 e. The molecule has 0 aromatic heterocycles. The van der Waals surface area contributed by atoms with Crippen molar-refractivity contribution in [2.45, 2.75) is 65.1 Å². The van der Waals surface area contributed by atoms with E-state index in [-0.39, 0.29) is 30.0 Å². The quantitative estimate of drug-likeness (QED) is 0.460. The van der Waals surface area contributed by atoms with Gasteiger partial charge in [0.2, 0.25) is 5.78 Å². The molecule has 5 aliphatic rings. The zero-order valence-corrected chi connectivity index (χ0v) is 21.2. The first kappa shape index (κ1) is 24.7. The third-order valence-corrected chi connectivity index (χ3v) is 8.87. The molecule has 2 heterocycles. The molecule has 36 heavy (non-hydrogen) atoms. The number of ether oxygens (including phenoxy) is 3. The molecule has 194 valence electrons. The SMILES string of the molecule is COC[C@H]1OC(=O)/C(=C\N2CCCC2)C2=C(O)C(=O)C3=C([C@H](OC(C)=O)C[C@]4(C)C(=O)CC[C@@H]34)[C@]21C. The predicted molar refractivity (Wildman–Crippen MR) is 126 cm³/mol. The highest BCUT2D eigenvalue weighted by Gasteiger charge is 2.64. The van der Waals surface area contributed by atoms with Gasteiger partial charge in [-0.15, -0.1) is 0 Å². The molecule has 2 aliphatic heterocycles. The van der Waals surface area contributed by atoms with Crippen LogP contribution in [0.15, 0.2) is 34.3 Å². The zero-order valence-electron chi connectivity index (χ0n) is 21.2. The largest absolute Gasteiger partial charge is 0.504 e. The third-order valence-electron chi connectivity index (χ3n) is 8.87. The number of hydrogen-bond donors (Lipinski definition) is 1. The van der Waals surface area contributed by atoms with Gasteiger partial charge in [0.05, 0.1) is 17.6 Å². The van der Waals surface area contributed by atoms with E-state index in [0.29, 0.717) is 24.0 Å². The number of esters is 2. The van der Waals surface area contributed by atoms with Crippen LogP contribution in [0.5, 0.6) is 0 Å². The number of rotatable bonds is 4. The number of fused-ring (bicyclic) bond motifs is 4. The molecule has 9 nitrogen and oxygen atoms in total. The van der Waals surface area contributed by atoms with Gasteiger partial charge in [-0.3, -0.25) is 14.4 Å². The lowest BCUT2D eigenvalue weighted by Crippen LogP contribution is -2.57. The van der Waals surface area contributed by atoms with Gasteiger partial charge in [-0.2, -0.15) is 0 Å². The molecule has 0 aromatic carbocycles. The summed E-state index contributed by atoms with van der Waals surface area (Å²) in [7, 11) is 1.48. The second-order valence-corrected chi connectivity index (χ2v) is 11.0. The molecule has 3 fully saturated rings. The number of cyclic esters (lactones) is 1. The number of nitrogens with zero attached hydrogens (tertiary/aromatic N) is 1. The van der Waals surface area contributed by atoms with Crippen molar-refractivity contribution < 1.29 is 38.5 Å². The van der Waals surface area contributed by atoms with Crippen LogP contribution in [0.2, 0.25) is 0 Å². The summed E-state index contributed by atoms with van der Waals surface area (Å²) in [5.41, 5.74) is -0.962. The topological polar surface area (TPSA) is 119 Å². The van der Waals surface area contributed by atoms with Crippen LogP contribution in [0, 0.1) is 16.7 Å². The van der Waals surface area contributed by atoms with E-state index in [1.165, 1.54) is 14.0 Å². The van der Waals surface area contributed by atoms with Gasteiger partial charge in [0, 0.05) is 68.6 Å². The van der Waals surface area contributed by atoms with Crippen molar-refractivity contribution >= 4 is 23.5 Å². The van der Waals surface area contributed by atoms with E-state index in [1.54, 1.807) is 6.20 Å². The minimum absolute atomic E-state index is 0.00857. The summed E-state index contributed by atoms with van der Waals surface area (Å²) in [6.45, 7) is 6.43. The first-order valence-electron chi connectivity index (χ1n) is 12.6. The van der Waals surface area contributed by atoms with E-state index in [9.17, 15) is 24.3 Å². The average molecular weight is 500 g/mol. The summed E-state index contributed by atoms with van der Waals surface area (Å²) in [5, 5.41) is 11.5. The number of aliphatic hydroxyl groups excluding tert-OH is 1. The second kappa shape index (κ2) is 8.57. The van der Waals surface area contributed by atoms with Crippen molar-refractivity contribution in [3.63, 3.8) is 0 Å². The second-order valence-electron chi connectivity index (χ2n) is 11.0. The average Bonchev–Trinajstić information content (AvgIpc) is 3.42. The summed E-state index contributed by atoms with van der Waals surface area (Å²) in [6, 6.07) is 0. The number of allylic oxidation sites excluding steroid dienone is 1. The fraction of sp³-hybridized carbons (Fsp3) is 0.630. The Morgan fingerprint density at radius 3 is 2.56 bits per heavy atom. The standard InChI is InChI=1S/C27H33NO8/c1-14(29)35-17-11-26(2)16(7-8-18(26)30)20-22(17)27(3)19(13-34-4)36-25(33)15(12-28-9-5-6-10-28)21(27)24(32)23(20)31/h12,16-17,19,32H,5-11,13H2,1-4H3/b15-12-/t16-,17+,19+,26-,27-/m0/s1. The van der Waals surface area contributed by atoms with Gasteiger partial charge < -0.3 is 24.2 Å². The molecule has 9 heteroatoms. The Labute approximate surface area is 210 Å². The van der Waals surface area contributed by atoms with Crippen molar-refractivity contribution in [3.05, 3.63) is 34.3 Å². The van der Waals surface area contributed by atoms with Gasteiger partial charge in [0.15, 0.2) is 5.76 Å². The maximum atomic E-state index is 13.9. The smallest absolute Gasteiger partial charge is 0.340 e. The van der Waals surface area contributed by atoms with Crippen LogP contribution in [0.3, 0.4) is 0 Å². The number of carbonyl (C=O) groups is 4. The van der Waals surface area contributed by atoms with Crippen LogP contribution in [-0.4, -0.2) is 72.5 Å². The molecule has 2 saturated heterocycles. The number of likely N-dealkylation sites (tertiary alicyclic amines) is 1. The lowest BCUT2D eigenvalue weighted by Gasteiger charge is -2.53. The normalized spacial score (nSPS) is 37.2. The monoisotopic (exact) mass is 499 g/mol. The van der Waals surface area contributed by atoms with E-state index in [1.807, 2.05) is 18.7 Å². The summed E-state index contributed by atoms with van der Waals surface area (Å²) in [6.07, 6.45) is 2.87. The molecule has 1 saturated carbocycles. The molecule has 0 aromatic rings.